The predicted octanol–water partition coefficient (Wildman–Crippen LogP) is 2.29. The van der Waals surface area contributed by atoms with Gasteiger partial charge in [0.1, 0.15) is 5.82 Å². The van der Waals surface area contributed by atoms with E-state index in [4.69, 9.17) is 17.3 Å². The molecule has 0 aliphatic rings. The average molecular weight is 245 g/mol. The number of nitrogens with two attached hydrogens (primary N) is 1. The van der Waals surface area contributed by atoms with Crippen LogP contribution < -0.4 is 5.73 Å². The third kappa shape index (κ3) is 1.81. The van der Waals surface area contributed by atoms with Crippen molar-refractivity contribution in [3.8, 4) is 0 Å². The predicted molar refractivity (Wildman–Crippen MR) is 67.7 cm³/mol. The Kier molecular flexibility index (Phi) is 2.39. The Morgan fingerprint density at radius 2 is 2.00 bits per heavy atom. The van der Waals surface area contributed by atoms with E-state index >= 15 is 0 Å². The lowest BCUT2D eigenvalue weighted by Crippen LogP contribution is -2.03. The molecule has 3 rings (SSSR count). The Hall–Kier alpha value is -1.78. The summed E-state index contributed by atoms with van der Waals surface area (Å²) < 4.78 is 0. The van der Waals surface area contributed by atoms with Crippen LogP contribution in [0.3, 0.4) is 0 Å². The third-order valence-corrected chi connectivity index (χ3v) is 2.79. The van der Waals surface area contributed by atoms with Crippen LogP contribution in [0.4, 0.5) is 0 Å². The molecule has 0 spiro atoms. The van der Waals surface area contributed by atoms with E-state index in [0.717, 1.165) is 16.3 Å². The first-order valence-electron chi connectivity index (χ1n) is 5.18. The lowest BCUT2D eigenvalue weighted by molar-refractivity contribution is 0.922. The first-order chi connectivity index (χ1) is 8.26. The van der Waals surface area contributed by atoms with Gasteiger partial charge in [-0.25, -0.2) is 15.0 Å². The van der Waals surface area contributed by atoms with Crippen molar-refractivity contribution >= 4 is 33.5 Å². The highest BCUT2D eigenvalue weighted by Crippen LogP contribution is 2.21. The molecule has 0 unspecified atom stereocenters. The van der Waals surface area contributed by atoms with Gasteiger partial charge in [0.2, 0.25) is 0 Å². The monoisotopic (exact) mass is 244 g/mol. The summed E-state index contributed by atoms with van der Waals surface area (Å²) in [5, 5.41) is 2.56. The number of nitrogens with zero attached hydrogens (tertiary/aromatic N) is 3. The van der Waals surface area contributed by atoms with Crippen LogP contribution in [-0.2, 0) is 6.54 Å². The van der Waals surface area contributed by atoms with Crippen LogP contribution in [-0.4, -0.2) is 15.0 Å². The highest BCUT2D eigenvalue weighted by Gasteiger charge is 2.03. The second-order valence-corrected chi connectivity index (χ2v) is 4.17. The molecule has 0 amide bonds. The van der Waals surface area contributed by atoms with Gasteiger partial charge in [0.15, 0.2) is 5.65 Å². The van der Waals surface area contributed by atoms with E-state index in [1.165, 1.54) is 0 Å². The van der Waals surface area contributed by atoms with Gasteiger partial charge in [-0.05, 0) is 24.3 Å². The highest BCUT2D eigenvalue weighted by molar-refractivity contribution is 6.31. The normalized spacial score (nSPS) is 11.2. The van der Waals surface area contributed by atoms with E-state index in [2.05, 4.69) is 15.0 Å². The number of halogens is 1. The number of aromatic nitrogens is 3. The first-order valence-corrected chi connectivity index (χ1v) is 5.56. The Labute approximate surface area is 102 Å². The summed E-state index contributed by atoms with van der Waals surface area (Å²) in [4.78, 5) is 12.9. The number of rotatable bonds is 1. The van der Waals surface area contributed by atoms with Crippen molar-refractivity contribution in [1.82, 2.24) is 15.0 Å². The van der Waals surface area contributed by atoms with Crippen molar-refractivity contribution < 1.29 is 0 Å². The third-order valence-electron chi connectivity index (χ3n) is 2.56. The smallest absolute Gasteiger partial charge is 0.163 e. The van der Waals surface area contributed by atoms with Crippen LogP contribution >= 0.6 is 11.6 Å². The minimum atomic E-state index is 0.316. The van der Waals surface area contributed by atoms with E-state index in [-0.39, 0.29) is 0 Å². The fourth-order valence-electron chi connectivity index (χ4n) is 1.73. The summed E-state index contributed by atoms with van der Waals surface area (Å²) in [5.41, 5.74) is 7.03. The van der Waals surface area contributed by atoms with E-state index in [1.54, 1.807) is 6.20 Å². The van der Waals surface area contributed by atoms with Crippen molar-refractivity contribution in [2.45, 2.75) is 6.54 Å². The Bertz CT molecular complexity index is 711. The molecule has 0 radical (unpaired) electrons. The maximum Gasteiger partial charge on any atom is 0.163 e. The van der Waals surface area contributed by atoms with Crippen molar-refractivity contribution in [2.24, 2.45) is 5.73 Å². The Balaban J connectivity index is 2.35. The molecule has 0 fully saturated rings. The largest absolute Gasteiger partial charge is 0.324 e. The molecule has 0 aliphatic heterocycles. The minimum absolute atomic E-state index is 0.316. The molecule has 5 heteroatoms. The van der Waals surface area contributed by atoms with Gasteiger partial charge in [-0.15, -0.1) is 0 Å². The molecule has 0 saturated heterocycles. The van der Waals surface area contributed by atoms with Gasteiger partial charge in [0, 0.05) is 22.0 Å². The van der Waals surface area contributed by atoms with Crippen molar-refractivity contribution in [1.29, 1.82) is 0 Å². The second kappa shape index (κ2) is 3.91. The van der Waals surface area contributed by atoms with Crippen molar-refractivity contribution in [2.75, 3.05) is 0 Å². The van der Waals surface area contributed by atoms with E-state index < -0.39 is 0 Å². The van der Waals surface area contributed by atoms with Crippen LogP contribution in [0.1, 0.15) is 5.82 Å². The summed E-state index contributed by atoms with van der Waals surface area (Å²) in [6, 6.07) is 7.54. The zero-order chi connectivity index (χ0) is 11.8. The number of benzene rings is 1. The molecular weight excluding hydrogens is 236 g/mol. The van der Waals surface area contributed by atoms with Crippen LogP contribution in [0, 0.1) is 0 Å². The molecule has 1 aromatic carbocycles. The van der Waals surface area contributed by atoms with Gasteiger partial charge in [-0.1, -0.05) is 11.6 Å². The van der Waals surface area contributed by atoms with Gasteiger partial charge in [-0.2, -0.15) is 0 Å². The molecule has 0 aliphatic carbocycles. The maximum absolute atomic E-state index is 5.94. The lowest BCUT2D eigenvalue weighted by atomic mass is 10.2. The molecule has 84 valence electrons. The zero-order valence-electron chi connectivity index (χ0n) is 8.89. The molecular formula is C12H9ClN4. The minimum Gasteiger partial charge on any atom is -0.324 e. The van der Waals surface area contributed by atoms with E-state index in [0.29, 0.717) is 23.0 Å². The van der Waals surface area contributed by atoms with Crippen LogP contribution in [0.15, 0.2) is 30.5 Å². The molecule has 0 saturated carbocycles. The number of pyridine rings is 1. The lowest BCUT2D eigenvalue weighted by Gasteiger charge is -2.02. The molecule has 2 aromatic heterocycles. The molecule has 0 atom stereocenters. The molecule has 3 aromatic rings. The van der Waals surface area contributed by atoms with Gasteiger partial charge >= 0.3 is 0 Å². The second-order valence-electron chi connectivity index (χ2n) is 3.73. The number of hydrogen-bond acceptors (Lipinski definition) is 4. The summed E-state index contributed by atoms with van der Waals surface area (Å²) >= 11 is 5.94. The standard InChI is InChI=1S/C12H9ClN4/c13-9-1-2-10-7(4-9)3-8-6-15-11(5-14)17-12(8)16-10/h1-4,6H,5,14H2. The van der Waals surface area contributed by atoms with Gasteiger partial charge in [0.05, 0.1) is 12.1 Å². The number of fused-ring (bicyclic) bond motifs is 2. The fourth-order valence-corrected chi connectivity index (χ4v) is 1.91. The first kappa shape index (κ1) is 10.4. The molecule has 17 heavy (non-hydrogen) atoms. The van der Waals surface area contributed by atoms with E-state index in [9.17, 15) is 0 Å². The topological polar surface area (TPSA) is 64.7 Å². The summed E-state index contributed by atoms with van der Waals surface area (Å²) in [5.74, 6) is 0.596. The summed E-state index contributed by atoms with van der Waals surface area (Å²) in [7, 11) is 0. The maximum atomic E-state index is 5.94. The van der Waals surface area contributed by atoms with Crippen LogP contribution in [0.5, 0.6) is 0 Å². The van der Waals surface area contributed by atoms with Crippen LogP contribution in [0.25, 0.3) is 21.9 Å². The average Bonchev–Trinajstić information content (AvgIpc) is 2.35. The summed E-state index contributed by atoms with van der Waals surface area (Å²) in [6.07, 6.45) is 1.73. The highest BCUT2D eigenvalue weighted by atomic mass is 35.5. The number of hydrogen-bond donors (Lipinski definition) is 1. The fraction of sp³-hybridized carbons (Fsp3) is 0.0833. The molecule has 0 bridgehead atoms. The summed E-state index contributed by atoms with van der Waals surface area (Å²) in [6.45, 7) is 0.316. The Morgan fingerprint density at radius 3 is 2.82 bits per heavy atom. The quantitative estimate of drug-likeness (QED) is 0.667. The van der Waals surface area contributed by atoms with Crippen molar-refractivity contribution in [3.05, 3.63) is 41.3 Å². The van der Waals surface area contributed by atoms with Gasteiger partial charge < -0.3 is 5.73 Å². The zero-order valence-corrected chi connectivity index (χ0v) is 9.65. The SMILES string of the molecule is NCc1ncc2cc3cc(Cl)ccc3nc2n1. The molecule has 2 N–H and O–H groups in total. The Morgan fingerprint density at radius 1 is 1.12 bits per heavy atom. The van der Waals surface area contributed by atoms with Crippen LogP contribution in [0.2, 0.25) is 5.02 Å². The molecule has 4 nitrogen and oxygen atoms in total. The van der Waals surface area contributed by atoms with Crippen molar-refractivity contribution in [3.63, 3.8) is 0 Å². The van der Waals surface area contributed by atoms with Gasteiger partial charge in [-0.3, -0.25) is 0 Å². The van der Waals surface area contributed by atoms with Gasteiger partial charge in [0.25, 0.3) is 0 Å². The van der Waals surface area contributed by atoms with E-state index in [1.807, 2.05) is 24.3 Å². The molecule has 2 heterocycles.